The minimum absolute atomic E-state index is 0.156. The molecule has 2 amide bonds. The Balaban J connectivity index is 1.91. The topological polar surface area (TPSA) is 82.3 Å². The van der Waals surface area contributed by atoms with Crippen LogP contribution in [0.3, 0.4) is 0 Å². The summed E-state index contributed by atoms with van der Waals surface area (Å²) in [6, 6.07) is 6.81. The normalized spacial score (nSPS) is 17.1. The van der Waals surface area contributed by atoms with Crippen LogP contribution in [0.15, 0.2) is 59.2 Å². The first kappa shape index (κ1) is 20.9. The summed E-state index contributed by atoms with van der Waals surface area (Å²) in [6.07, 6.45) is 7.89. The van der Waals surface area contributed by atoms with Gasteiger partial charge in [0.15, 0.2) is 5.78 Å². The first-order chi connectivity index (χ1) is 13.9. The molecule has 0 saturated heterocycles. The van der Waals surface area contributed by atoms with Gasteiger partial charge in [-0.05, 0) is 48.6 Å². The van der Waals surface area contributed by atoms with E-state index in [1.807, 2.05) is 25.1 Å². The van der Waals surface area contributed by atoms with Gasteiger partial charge in [-0.25, -0.2) is 4.79 Å². The number of allylic oxidation sites excluding steroid dienone is 3. The Morgan fingerprint density at radius 2 is 1.97 bits per heavy atom. The molecule has 0 aliphatic heterocycles. The summed E-state index contributed by atoms with van der Waals surface area (Å²) in [5, 5.41) is 3.48. The van der Waals surface area contributed by atoms with Gasteiger partial charge in [-0.1, -0.05) is 31.5 Å². The number of urea groups is 1. The third kappa shape index (κ3) is 4.59. The summed E-state index contributed by atoms with van der Waals surface area (Å²) >= 11 is 5.97. The van der Waals surface area contributed by atoms with Crippen LogP contribution in [0.25, 0.3) is 10.8 Å². The lowest BCUT2D eigenvalue weighted by molar-refractivity contribution is -0.113. The molecule has 3 rings (SSSR count). The van der Waals surface area contributed by atoms with Crippen molar-refractivity contribution in [3.8, 4) is 0 Å². The number of hydrogen-bond donors (Lipinski definition) is 2. The lowest BCUT2D eigenvalue weighted by Crippen LogP contribution is -2.42. The molecular weight excluding hydrogens is 390 g/mol. The molecule has 1 aromatic carbocycles. The van der Waals surface area contributed by atoms with Crippen molar-refractivity contribution in [2.45, 2.75) is 38.1 Å². The van der Waals surface area contributed by atoms with Gasteiger partial charge < -0.3 is 15.2 Å². The number of benzene rings is 1. The van der Waals surface area contributed by atoms with Crippen LogP contribution in [0.5, 0.6) is 0 Å². The Labute approximate surface area is 174 Å². The first-order valence-corrected chi connectivity index (χ1v) is 10.1. The number of halogens is 1. The zero-order valence-electron chi connectivity index (χ0n) is 16.4. The minimum Gasteiger partial charge on any atom is -0.328 e. The molecule has 2 N–H and O–H groups in total. The van der Waals surface area contributed by atoms with Gasteiger partial charge in [-0.2, -0.15) is 0 Å². The molecular formula is C22H24ClN3O3. The number of hydrogen-bond acceptors (Lipinski definition) is 3. The van der Waals surface area contributed by atoms with Gasteiger partial charge >= 0.3 is 6.03 Å². The molecule has 2 atom stereocenters. The molecule has 0 bridgehead atoms. The van der Waals surface area contributed by atoms with Crippen molar-refractivity contribution in [1.82, 2.24) is 15.2 Å². The second-order valence-electron chi connectivity index (χ2n) is 7.03. The van der Waals surface area contributed by atoms with Crippen molar-refractivity contribution in [2.75, 3.05) is 6.54 Å². The van der Waals surface area contributed by atoms with Gasteiger partial charge in [0.25, 0.3) is 5.56 Å². The number of aromatic amines is 1. The van der Waals surface area contributed by atoms with Gasteiger partial charge in [0.2, 0.25) is 0 Å². The quantitative estimate of drug-likeness (QED) is 0.701. The second-order valence-corrected chi connectivity index (χ2v) is 7.50. The number of aromatic nitrogens is 1. The van der Waals surface area contributed by atoms with Crippen molar-refractivity contribution < 1.29 is 9.59 Å². The van der Waals surface area contributed by atoms with E-state index in [9.17, 15) is 14.4 Å². The molecule has 6 nitrogen and oxygen atoms in total. The predicted octanol–water partition coefficient (Wildman–Crippen LogP) is 4.03. The highest BCUT2D eigenvalue weighted by Gasteiger charge is 2.24. The molecule has 0 spiro atoms. The number of carbonyl (C=O) groups is 2. The van der Waals surface area contributed by atoms with Crippen LogP contribution in [0.4, 0.5) is 4.79 Å². The SMILES string of the molecule is CCCCN(C(=O)NC1=CC(Cl)C(=O)C=C1)C(C)c1c[nH]c(=O)c2ccccc12. The first-order valence-electron chi connectivity index (χ1n) is 9.68. The van der Waals surface area contributed by atoms with E-state index in [1.54, 1.807) is 23.2 Å². The van der Waals surface area contributed by atoms with E-state index in [2.05, 4.69) is 17.2 Å². The van der Waals surface area contributed by atoms with Crippen LogP contribution in [0.2, 0.25) is 0 Å². The lowest BCUT2D eigenvalue weighted by Gasteiger charge is -2.30. The fraction of sp³-hybridized carbons (Fsp3) is 0.318. The average Bonchev–Trinajstić information content (AvgIpc) is 2.71. The number of alkyl halides is 1. The van der Waals surface area contributed by atoms with Crippen LogP contribution >= 0.6 is 11.6 Å². The Kier molecular flexibility index (Phi) is 6.54. The van der Waals surface area contributed by atoms with E-state index in [1.165, 1.54) is 12.2 Å². The average molecular weight is 414 g/mol. The Morgan fingerprint density at radius 1 is 1.24 bits per heavy atom. The van der Waals surface area contributed by atoms with E-state index in [-0.39, 0.29) is 23.4 Å². The lowest BCUT2D eigenvalue weighted by atomic mass is 10.0. The van der Waals surface area contributed by atoms with Crippen LogP contribution in [-0.2, 0) is 4.79 Å². The fourth-order valence-electron chi connectivity index (χ4n) is 3.38. The summed E-state index contributed by atoms with van der Waals surface area (Å²) in [7, 11) is 0. The second kappa shape index (κ2) is 9.09. The van der Waals surface area contributed by atoms with Crippen LogP contribution < -0.4 is 10.9 Å². The summed E-state index contributed by atoms with van der Waals surface area (Å²) < 4.78 is 0. The van der Waals surface area contributed by atoms with E-state index >= 15 is 0 Å². The van der Waals surface area contributed by atoms with Gasteiger partial charge in [0.05, 0.1) is 6.04 Å². The number of nitrogens with zero attached hydrogens (tertiary/aromatic N) is 1. The van der Waals surface area contributed by atoms with Gasteiger partial charge in [0.1, 0.15) is 5.38 Å². The summed E-state index contributed by atoms with van der Waals surface area (Å²) in [5.74, 6) is -0.208. The van der Waals surface area contributed by atoms with Crippen molar-refractivity contribution in [1.29, 1.82) is 0 Å². The molecule has 0 saturated carbocycles. The molecule has 1 aliphatic carbocycles. The van der Waals surface area contributed by atoms with Gasteiger partial charge in [-0.3, -0.25) is 9.59 Å². The van der Waals surface area contributed by atoms with Crippen molar-refractivity contribution in [3.05, 3.63) is 70.3 Å². The standard InChI is InChI=1S/C22H24ClN3O3/c1-3-4-11-26(22(29)25-15-9-10-20(27)19(23)12-15)14(2)18-13-24-21(28)17-8-6-5-7-16(17)18/h5-10,12-14,19H,3-4,11H2,1-2H3,(H,24,28)(H,25,29). The van der Waals surface area contributed by atoms with Crippen LogP contribution in [-0.4, -0.2) is 33.6 Å². The minimum atomic E-state index is -0.778. The number of fused-ring (bicyclic) bond motifs is 1. The number of amides is 2. The van der Waals surface area contributed by atoms with E-state index < -0.39 is 5.38 Å². The highest BCUT2D eigenvalue weighted by Crippen LogP contribution is 2.26. The Bertz CT molecular complexity index is 1040. The highest BCUT2D eigenvalue weighted by atomic mass is 35.5. The third-order valence-corrected chi connectivity index (χ3v) is 5.39. The molecule has 29 heavy (non-hydrogen) atoms. The number of carbonyl (C=O) groups excluding carboxylic acids is 2. The molecule has 7 heteroatoms. The monoisotopic (exact) mass is 413 g/mol. The predicted molar refractivity (Wildman–Crippen MR) is 115 cm³/mol. The maximum atomic E-state index is 13.1. The maximum absolute atomic E-state index is 13.1. The summed E-state index contributed by atoms with van der Waals surface area (Å²) in [6.45, 7) is 4.55. The Morgan fingerprint density at radius 3 is 2.66 bits per heavy atom. The summed E-state index contributed by atoms with van der Waals surface area (Å²) in [4.78, 5) is 41.2. The van der Waals surface area contributed by atoms with E-state index in [0.717, 1.165) is 23.8 Å². The molecule has 152 valence electrons. The van der Waals surface area contributed by atoms with Crippen molar-refractivity contribution in [2.24, 2.45) is 0 Å². The zero-order chi connectivity index (χ0) is 21.0. The third-order valence-electron chi connectivity index (χ3n) is 5.05. The van der Waals surface area contributed by atoms with E-state index in [0.29, 0.717) is 17.6 Å². The molecule has 2 aromatic rings. The molecule has 1 aliphatic rings. The Hall–Kier alpha value is -2.86. The molecule has 2 unspecified atom stereocenters. The molecule has 0 fully saturated rings. The molecule has 1 heterocycles. The number of H-pyrrole nitrogens is 1. The maximum Gasteiger partial charge on any atom is 0.322 e. The van der Waals surface area contributed by atoms with Gasteiger partial charge in [0, 0.05) is 23.8 Å². The largest absolute Gasteiger partial charge is 0.328 e. The number of ketones is 1. The number of pyridine rings is 1. The zero-order valence-corrected chi connectivity index (χ0v) is 17.2. The number of unbranched alkanes of at least 4 members (excludes halogenated alkanes) is 1. The smallest absolute Gasteiger partial charge is 0.322 e. The summed E-state index contributed by atoms with van der Waals surface area (Å²) in [5.41, 5.74) is 1.20. The van der Waals surface area contributed by atoms with Crippen LogP contribution in [0, 0.1) is 0 Å². The fourth-order valence-corrected chi connectivity index (χ4v) is 3.59. The number of nitrogens with one attached hydrogen (secondary N) is 2. The number of rotatable bonds is 6. The van der Waals surface area contributed by atoms with Gasteiger partial charge in [-0.15, -0.1) is 11.6 Å². The molecule has 0 radical (unpaired) electrons. The van der Waals surface area contributed by atoms with E-state index in [4.69, 9.17) is 11.6 Å². The molecule has 1 aromatic heterocycles. The van der Waals surface area contributed by atoms with Crippen molar-refractivity contribution in [3.63, 3.8) is 0 Å². The van der Waals surface area contributed by atoms with Crippen LogP contribution in [0.1, 0.15) is 38.3 Å². The highest BCUT2D eigenvalue weighted by molar-refractivity contribution is 6.34. The van der Waals surface area contributed by atoms with Crippen molar-refractivity contribution >= 4 is 34.2 Å².